The van der Waals surface area contributed by atoms with Gasteiger partial charge in [0.15, 0.2) is 17.6 Å². The molecule has 1 atom stereocenters. The van der Waals surface area contributed by atoms with Gasteiger partial charge in [-0.05, 0) is 63.8 Å². The molecule has 3 aromatic rings. The van der Waals surface area contributed by atoms with Crippen molar-refractivity contribution in [2.45, 2.75) is 46.6 Å². The molecule has 174 valence electrons. The normalized spacial score (nSPS) is 15.5. The third kappa shape index (κ3) is 4.84. The average molecular weight is 450 g/mol. The fourth-order valence-electron chi connectivity index (χ4n) is 3.95. The molecule has 2 aromatic heterocycles. The number of hydrogen-bond acceptors (Lipinski definition) is 7. The summed E-state index contributed by atoms with van der Waals surface area (Å²) in [5, 5.41) is 4.23. The molecule has 0 spiro atoms. The SMILES string of the molecule is CC(=O)C(C)Oc1cc2cc(Nc3nc(N4CCC(C)CC4)ncc3C)ccc2n(C)c1=O. The summed E-state index contributed by atoms with van der Waals surface area (Å²) in [7, 11) is 1.70. The molecule has 0 radical (unpaired) electrons. The number of nitrogens with zero attached hydrogens (tertiary/aromatic N) is 4. The van der Waals surface area contributed by atoms with Crippen LogP contribution in [0.4, 0.5) is 17.5 Å². The number of anilines is 3. The largest absolute Gasteiger partial charge is 0.477 e. The molecule has 0 bridgehead atoms. The molecule has 8 heteroatoms. The highest BCUT2D eigenvalue weighted by atomic mass is 16.5. The Kier molecular flexibility index (Phi) is 6.35. The minimum Gasteiger partial charge on any atom is -0.477 e. The Bertz CT molecular complexity index is 1240. The molecule has 1 aliphatic rings. The standard InChI is InChI=1S/C25H31N5O3/c1-15-8-10-30(11-9-15)25-26-14-16(2)23(28-25)27-20-6-7-21-19(12-20)13-22(24(32)29(21)5)33-18(4)17(3)31/h6-7,12-15,18H,8-11H2,1-5H3,(H,26,27,28). The van der Waals surface area contributed by atoms with Crippen LogP contribution < -0.4 is 20.5 Å². The van der Waals surface area contributed by atoms with Gasteiger partial charge in [-0.2, -0.15) is 4.98 Å². The van der Waals surface area contributed by atoms with Gasteiger partial charge in [-0.1, -0.05) is 6.92 Å². The van der Waals surface area contributed by atoms with Gasteiger partial charge in [-0.3, -0.25) is 9.59 Å². The number of benzene rings is 1. The molecule has 3 heterocycles. The van der Waals surface area contributed by atoms with Crippen LogP contribution in [0.1, 0.15) is 39.2 Å². The molecule has 1 aromatic carbocycles. The van der Waals surface area contributed by atoms with Crippen LogP contribution in [0.15, 0.2) is 35.3 Å². The summed E-state index contributed by atoms with van der Waals surface area (Å²) in [5.41, 5.74) is 2.29. The number of ketones is 1. The first-order valence-electron chi connectivity index (χ1n) is 11.4. The Labute approximate surface area is 193 Å². The molecule has 4 rings (SSSR count). The van der Waals surface area contributed by atoms with E-state index in [-0.39, 0.29) is 17.1 Å². The number of carbonyl (C=O) groups excluding carboxylic acids is 1. The number of hydrogen-bond donors (Lipinski definition) is 1. The molecule has 0 amide bonds. The van der Waals surface area contributed by atoms with E-state index in [1.165, 1.54) is 11.5 Å². The van der Waals surface area contributed by atoms with Gasteiger partial charge in [0.25, 0.3) is 5.56 Å². The van der Waals surface area contributed by atoms with Crippen LogP contribution in [-0.2, 0) is 11.8 Å². The maximum absolute atomic E-state index is 12.7. The zero-order valence-corrected chi connectivity index (χ0v) is 19.9. The zero-order valence-electron chi connectivity index (χ0n) is 19.9. The van der Waals surface area contributed by atoms with E-state index in [0.29, 0.717) is 0 Å². The average Bonchev–Trinajstić information content (AvgIpc) is 2.79. The Morgan fingerprint density at radius 1 is 1.24 bits per heavy atom. The van der Waals surface area contributed by atoms with Crippen LogP contribution >= 0.6 is 0 Å². The second-order valence-corrected chi connectivity index (χ2v) is 9.01. The van der Waals surface area contributed by atoms with Gasteiger partial charge in [0, 0.05) is 43.0 Å². The van der Waals surface area contributed by atoms with E-state index >= 15 is 0 Å². The number of rotatable bonds is 6. The van der Waals surface area contributed by atoms with Crippen LogP contribution in [-0.4, -0.2) is 39.5 Å². The molecule has 0 saturated carbocycles. The predicted molar refractivity (Wildman–Crippen MR) is 131 cm³/mol. The number of aromatic nitrogens is 3. The van der Waals surface area contributed by atoms with Crippen molar-refractivity contribution in [2.75, 3.05) is 23.3 Å². The second kappa shape index (κ2) is 9.21. The molecule has 1 saturated heterocycles. The molecule has 0 aliphatic carbocycles. The van der Waals surface area contributed by atoms with E-state index in [2.05, 4.69) is 22.1 Å². The topological polar surface area (TPSA) is 89.3 Å². The van der Waals surface area contributed by atoms with Gasteiger partial charge in [0.2, 0.25) is 5.95 Å². The fraction of sp³-hybridized carbons (Fsp3) is 0.440. The summed E-state index contributed by atoms with van der Waals surface area (Å²) in [6.07, 6.45) is 3.46. The summed E-state index contributed by atoms with van der Waals surface area (Å²) >= 11 is 0. The van der Waals surface area contributed by atoms with E-state index < -0.39 is 6.10 Å². The predicted octanol–water partition coefficient (Wildman–Crippen LogP) is 3.97. The highest BCUT2D eigenvalue weighted by molar-refractivity contribution is 5.85. The number of aryl methyl sites for hydroxylation is 2. The van der Waals surface area contributed by atoms with Crippen LogP contribution in [0, 0.1) is 12.8 Å². The lowest BCUT2D eigenvalue weighted by molar-refractivity contribution is -0.122. The number of fused-ring (bicyclic) bond motifs is 1. The Balaban J connectivity index is 1.64. The van der Waals surface area contributed by atoms with E-state index in [0.717, 1.165) is 65.8 Å². The number of nitrogens with one attached hydrogen (secondary N) is 1. The van der Waals surface area contributed by atoms with Crippen molar-refractivity contribution in [1.29, 1.82) is 0 Å². The first-order valence-corrected chi connectivity index (χ1v) is 11.4. The first kappa shape index (κ1) is 22.8. The van der Waals surface area contributed by atoms with Crippen molar-refractivity contribution in [1.82, 2.24) is 14.5 Å². The van der Waals surface area contributed by atoms with Gasteiger partial charge in [0.1, 0.15) is 5.82 Å². The fourth-order valence-corrected chi connectivity index (χ4v) is 3.95. The Morgan fingerprint density at radius 2 is 1.97 bits per heavy atom. The Morgan fingerprint density at radius 3 is 2.67 bits per heavy atom. The number of carbonyl (C=O) groups is 1. The zero-order chi connectivity index (χ0) is 23.7. The lowest BCUT2D eigenvalue weighted by Gasteiger charge is -2.30. The summed E-state index contributed by atoms with van der Waals surface area (Å²) in [5.74, 6) is 2.26. The van der Waals surface area contributed by atoms with Crippen LogP contribution in [0.3, 0.4) is 0 Å². The van der Waals surface area contributed by atoms with Crippen molar-refractivity contribution in [2.24, 2.45) is 13.0 Å². The minimum atomic E-state index is -0.684. The van der Waals surface area contributed by atoms with Gasteiger partial charge in [-0.15, -0.1) is 0 Å². The molecule has 8 nitrogen and oxygen atoms in total. The van der Waals surface area contributed by atoms with Crippen molar-refractivity contribution in [3.05, 3.63) is 46.4 Å². The highest BCUT2D eigenvalue weighted by Crippen LogP contribution is 2.27. The molecule has 1 fully saturated rings. The molecule has 1 unspecified atom stereocenters. The summed E-state index contributed by atoms with van der Waals surface area (Å²) in [4.78, 5) is 35.8. The van der Waals surface area contributed by atoms with Gasteiger partial charge in [-0.25, -0.2) is 4.98 Å². The number of Topliss-reactive ketones (excluding diaryl/α,β-unsaturated/α-hetero) is 1. The van der Waals surface area contributed by atoms with Crippen molar-refractivity contribution in [3.63, 3.8) is 0 Å². The van der Waals surface area contributed by atoms with Crippen molar-refractivity contribution < 1.29 is 9.53 Å². The van der Waals surface area contributed by atoms with Crippen LogP contribution in [0.25, 0.3) is 10.9 Å². The first-order chi connectivity index (χ1) is 15.7. The third-order valence-corrected chi connectivity index (χ3v) is 6.36. The molecule has 1 aliphatic heterocycles. The quantitative estimate of drug-likeness (QED) is 0.609. The van der Waals surface area contributed by atoms with Crippen molar-refractivity contribution >= 4 is 34.1 Å². The lowest BCUT2D eigenvalue weighted by Crippen LogP contribution is -2.34. The van der Waals surface area contributed by atoms with Crippen molar-refractivity contribution in [3.8, 4) is 5.75 Å². The van der Waals surface area contributed by atoms with E-state index in [9.17, 15) is 9.59 Å². The number of piperidine rings is 1. The molecular weight excluding hydrogens is 418 g/mol. The second-order valence-electron chi connectivity index (χ2n) is 9.01. The molecule has 1 N–H and O–H groups in total. The number of ether oxygens (including phenoxy) is 1. The molecule has 33 heavy (non-hydrogen) atoms. The van der Waals surface area contributed by atoms with Gasteiger partial charge in [0.05, 0.1) is 5.52 Å². The van der Waals surface area contributed by atoms with Gasteiger partial charge >= 0.3 is 0 Å². The maximum atomic E-state index is 12.7. The molecular formula is C25H31N5O3. The van der Waals surface area contributed by atoms with E-state index in [4.69, 9.17) is 9.72 Å². The minimum absolute atomic E-state index is 0.134. The van der Waals surface area contributed by atoms with Crippen LogP contribution in [0.5, 0.6) is 5.75 Å². The summed E-state index contributed by atoms with van der Waals surface area (Å²) < 4.78 is 7.17. The van der Waals surface area contributed by atoms with Gasteiger partial charge < -0.3 is 19.5 Å². The summed E-state index contributed by atoms with van der Waals surface area (Å²) in [6.45, 7) is 9.28. The maximum Gasteiger partial charge on any atom is 0.293 e. The highest BCUT2D eigenvalue weighted by Gasteiger charge is 2.19. The smallest absolute Gasteiger partial charge is 0.293 e. The third-order valence-electron chi connectivity index (χ3n) is 6.36. The summed E-state index contributed by atoms with van der Waals surface area (Å²) in [6, 6.07) is 7.45. The lowest BCUT2D eigenvalue weighted by atomic mass is 10.00. The number of pyridine rings is 1. The van der Waals surface area contributed by atoms with E-state index in [1.807, 2.05) is 31.3 Å². The monoisotopic (exact) mass is 449 g/mol. The van der Waals surface area contributed by atoms with Crippen LogP contribution in [0.2, 0.25) is 0 Å². The Hall–Kier alpha value is -3.42. The van der Waals surface area contributed by atoms with E-state index in [1.54, 1.807) is 20.0 Å².